The molecule has 23 heavy (non-hydrogen) atoms. The highest BCUT2D eigenvalue weighted by Gasteiger charge is 2.36. The summed E-state index contributed by atoms with van der Waals surface area (Å²) in [6.07, 6.45) is 3.43. The van der Waals surface area contributed by atoms with Crippen molar-refractivity contribution in [1.82, 2.24) is 24.4 Å². The number of ether oxygens (including phenoxy) is 1. The zero-order valence-corrected chi connectivity index (χ0v) is 13.3. The molecule has 2 aliphatic heterocycles. The molecule has 2 saturated heterocycles. The van der Waals surface area contributed by atoms with Crippen LogP contribution in [0, 0.1) is 5.92 Å². The number of carbonyl (C=O) groups excluding carboxylic acids is 1. The van der Waals surface area contributed by atoms with Crippen molar-refractivity contribution < 1.29 is 9.53 Å². The summed E-state index contributed by atoms with van der Waals surface area (Å²) in [5.74, 6) is 0.568. The Morgan fingerprint density at radius 3 is 2.91 bits per heavy atom. The number of amides is 1. The van der Waals surface area contributed by atoms with Gasteiger partial charge in [0, 0.05) is 38.4 Å². The molecule has 0 radical (unpaired) electrons. The predicted molar refractivity (Wildman–Crippen MR) is 84.2 cm³/mol. The van der Waals surface area contributed by atoms with Gasteiger partial charge in [-0.15, -0.1) is 10.2 Å². The highest BCUT2D eigenvalue weighted by atomic mass is 16.5. The summed E-state index contributed by atoms with van der Waals surface area (Å²) in [4.78, 5) is 17.2. The van der Waals surface area contributed by atoms with E-state index < -0.39 is 0 Å². The van der Waals surface area contributed by atoms with Gasteiger partial charge in [0.15, 0.2) is 5.65 Å². The van der Waals surface area contributed by atoms with Crippen LogP contribution in [-0.4, -0.2) is 75.7 Å². The maximum Gasteiger partial charge on any atom is 0.255 e. The average molecular weight is 315 g/mol. The number of aromatic nitrogens is 3. The molecule has 2 aromatic rings. The molecule has 7 nitrogen and oxygen atoms in total. The maximum atomic E-state index is 12.8. The smallest absolute Gasteiger partial charge is 0.255 e. The molecule has 4 heterocycles. The third-order valence-corrected chi connectivity index (χ3v) is 4.91. The van der Waals surface area contributed by atoms with Crippen LogP contribution in [0.15, 0.2) is 24.7 Å². The summed E-state index contributed by atoms with van der Waals surface area (Å²) in [6.45, 7) is 7.34. The number of morpholine rings is 1. The summed E-state index contributed by atoms with van der Waals surface area (Å²) >= 11 is 0. The van der Waals surface area contributed by atoms with Crippen molar-refractivity contribution in [3.63, 3.8) is 0 Å². The molecule has 2 fully saturated rings. The second kappa shape index (κ2) is 5.90. The van der Waals surface area contributed by atoms with Crippen LogP contribution in [0.1, 0.15) is 17.3 Å². The van der Waals surface area contributed by atoms with Gasteiger partial charge in [0.05, 0.1) is 18.8 Å². The predicted octanol–water partition coefficient (Wildman–Crippen LogP) is 0.522. The minimum absolute atomic E-state index is 0.0863. The van der Waals surface area contributed by atoms with Gasteiger partial charge in [-0.05, 0) is 18.1 Å². The molecule has 2 aliphatic rings. The topological polar surface area (TPSA) is 63.0 Å². The molecule has 0 aliphatic carbocycles. The molecule has 1 amide bonds. The van der Waals surface area contributed by atoms with Crippen LogP contribution in [0.5, 0.6) is 0 Å². The lowest BCUT2D eigenvalue weighted by Crippen LogP contribution is -2.47. The second-order valence-corrected chi connectivity index (χ2v) is 6.42. The van der Waals surface area contributed by atoms with Crippen molar-refractivity contribution in [2.75, 3.05) is 39.4 Å². The molecular weight excluding hydrogens is 294 g/mol. The van der Waals surface area contributed by atoms with Gasteiger partial charge in [-0.2, -0.15) is 0 Å². The van der Waals surface area contributed by atoms with Crippen LogP contribution in [0.25, 0.3) is 5.65 Å². The Morgan fingerprint density at radius 1 is 1.26 bits per heavy atom. The number of likely N-dealkylation sites (tertiary alicyclic amines) is 1. The molecule has 122 valence electrons. The van der Waals surface area contributed by atoms with Crippen LogP contribution in [-0.2, 0) is 4.74 Å². The molecule has 4 rings (SSSR count). The lowest BCUT2D eigenvalue weighted by molar-refractivity contribution is 0.0119. The third kappa shape index (κ3) is 2.70. The van der Waals surface area contributed by atoms with Gasteiger partial charge in [-0.1, -0.05) is 6.92 Å². The van der Waals surface area contributed by atoms with Crippen LogP contribution >= 0.6 is 0 Å². The molecule has 0 spiro atoms. The number of carbonyl (C=O) groups is 1. The highest BCUT2D eigenvalue weighted by molar-refractivity contribution is 5.94. The first-order chi connectivity index (χ1) is 11.2. The van der Waals surface area contributed by atoms with E-state index in [9.17, 15) is 4.79 Å². The third-order valence-electron chi connectivity index (χ3n) is 4.91. The lowest BCUT2D eigenvalue weighted by atomic mass is 10.0. The Bertz CT molecular complexity index is 709. The van der Waals surface area contributed by atoms with E-state index in [1.54, 1.807) is 10.7 Å². The van der Waals surface area contributed by atoms with E-state index in [4.69, 9.17) is 4.74 Å². The van der Waals surface area contributed by atoms with Gasteiger partial charge in [0.25, 0.3) is 5.91 Å². The van der Waals surface area contributed by atoms with E-state index in [2.05, 4.69) is 22.0 Å². The molecule has 2 atom stereocenters. The maximum absolute atomic E-state index is 12.8. The molecule has 0 unspecified atom stereocenters. The molecular formula is C16H21N5O2. The van der Waals surface area contributed by atoms with E-state index in [1.165, 1.54) is 0 Å². The van der Waals surface area contributed by atoms with Crippen molar-refractivity contribution in [3.05, 3.63) is 30.2 Å². The van der Waals surface area contributed by atoms with Crippen molar-refractivity contribution in [1.29, 1.82) is 0 Å². The molecule has 7 heteroatoms. The standard InChI is InChI=1S/C16H21N5O2/c1-12-8-20(10-14(12)19-4-6-23-7-5-19)16(22)13-2-3-15-18-17-11-21(15)9-13/h2-3,9,11-12,14H,4-8,10H2,1H3/t12-,14-/m1/s1. The molecule has 2 aromatic heterocycles. The summed E-state index contributed by atoms with van der Waals surface area (Å²) < 4.78 is 7.22. The summed E-state index contributed by atoms with van der Waals surface area (Å²) in [7, 11) is 0. The van der Waals surface area contributed by atoms with Crippen LogP contribution in [0.2, 0.25) is 0 Å². The van der Waals surface area contributed by atoms with Crippen LogP contribution < -0.4 is 0 Å². The normalized spacial score (nSPS) is 26.0. The Hall–Kier alpha value is -1.99. The molecule has 0 bridgehead atoms. The van der Waals surface area contributed by atoms with Crippen molar-refractivity contribution in [3.8, 4) is 0 Å². The number of nitrogens with zero attached hydrogens (tertiary/aromatic N) is 5. The fraction of sp³-hybridized carbons (Fsp3) is 0.562. The Kier molecular flexibility index (Phi) is 3.74. The highest BCUT2D eigenvalue weighted by Crippen LogP contribution is 2.24. The van der Waals surface area contributed by atoms with Crippen molar-refractivity contribution >= 4 is 11.6 Å². The molecule has 0 aromatic carbocycles. The van der Waals surface area contributed by atoms with E-state index in [0.29, 0.717) is 17.5 Å². The van der Waals surface area contributed by atoms with Gasteiger partial charge < -0.3 is 9.64 Å². The van der Waals surface area contributed by atoms with E-state index in [1.807, 2.05) is 23.2 Å². The van der Waals surface area contributed by atoms with Crippen molar-refractivity contribution in [2.45, 2.75) is 13.0 Å². The number of hydrogen-bond donors (Lipinski definition) is 0. The van der Waals surface area contributed by atoms with Gasteiger partial charge >= 0.3 is 0 Å². The van der Waals surface area contributed by atoms with Crippen LogP contribution in [0.3, 0.4) is 0 Å². The Balaban J connectivity index is 1.50. The zero-order chi connectivity index (χ0) is 15.8. The monoisotopic (exact) mass is 315 g/mol. The summed E-state index contributed by atoms with van der Waals surface area (Å²) in [5, 5.41) is 7.83. The average Bonchev–Trinajstić information content (AvgIpc) is 3.20. The first-order valence-corrected chi connectivity index (χ1v) is 8.13. The minimum atomic E-state index is 0.0863. The minimum Gasteiger partial charge on any atom is -0.379 e. The number of rotatable bonds is 2. The van der Waals surface area contributed by atoms with E-state index >= 15 is 0 Å². The Morgan fingerprint density at radius 2 is 2.09 bits per heavy atom. The SMILES string of the molecule is C[C@@H]1CN(C(=O)c2ccc3nncn3c2)C[C@H]1N1CCOCC1. The van der Waals surface area contributed by atoms with Gasteiger partial charge in [-0.25, -0.2) is 0 Å². The van der Waals surface area contributed by atoms with Gasteiger partial charge in [0.2, 0.25) is 0 Å². The van der Waals surface area contributed by atoms with E-state index in [-0.39, 0.29) is 5.91 Å². The summed E-state index contributed by atoms with van der Waals surface area (Å²) in [6, 6.07) is 4.10. The number of hydrogen-bond acceptors (Lipinski definition) is 5. The Labute approximate surface area is 134 Å². The quantitative estimate of drug-likeness (QED) is 0.808. The fourth-order valence-corrected chi connectivity index (χ4v) is 3.64. The van der Waals surface area contributed by atoms with Crippen molar-refractivity contribution in [2.24, 2.45) is 5.92 Å². The summed E-state index contributed by atoms with van der Waals surface area (Å²) in [5.41, 5.74) is 1.44. The largest absolute Gasteiger partial charge is 0.379 e. The first-order valence-electron chi connectivity index (χ1n) is 8.13. The second-order valence-electron chi connectivity index (χ2n) is 6.42. The van der Waals surface area contributed by atoms with Gasteiger partial charge in [-0.3, -0.25) is 14.1 Å². The molecule has 0 saturated carbocycles. The lowest BCUT2D eigenvalue weighted by Gasteiger charge is -2.33. The number of fused-ring (bicyclic) bond motifs is 1. The fourth-order valence-electron chi connectivity index (χ4n) is 3.64. The molecule has 0 N–H and O–H groups in total. The van der Waals surface area contributed by atoms with Gasteiger partial charge in [0.1, 0.15) is 6.33 Å². The van der Waals surface area contributed by atoms with E-state index in [0.717, 1.165) is 45.0 Å². The first kappa shape index (κ1) is 14.6. The number of pyridine rings is 1. The van der Waals surface area contributed by atoms with Crippen LogP contribution in [0.4, 0.5) is 0 Å². The zero-order valence-electron chi connectivity index (χ0n) is 13.3.